The number of halogens is 2. The quantitative estimate of drug-likeness (QED) is 0.836. The molecular weight excluding hydrogens is 203 g/mol. The molecule has 1 rings (SSSR count). The number of nitriles is 1. The van der Waals surface area contributed by atoms with Gasteiger partial charge in [-0.15, -0.1) is 0 Å². The van der Waals surface area contributed by atoms with E-state index in [0.717, 1.165) is 0 Å². The molecule has 0 aromatic heterocycles. The number of benzene rings is 1. The maximum absolute atomic E-state index is 13.2. The van der Waals surface area contributed by atoms with Gasteiger partial charge < -0.3 is 5.32 Å². The van der Waals surface area contributed by atoms with E-state index in [2.05, 4.69) is 11.4 Å². The van der Waals surface area contributed by atoms with Crippen LogP contribution in [-0.2, 0) is 0 Å². The Hall–Kier alpha value is -1.27. The van der Waals surface area contributed by atoms with Gasteiger partial charge in [0.25, 0.3) is 0 Å². The molecule has 0 bridgehead atoms. The van der Waals surface area contributed by atoms with E-state index in [-0.39, 0.29) is 5.92 Å². The Morgan fingerprint density at radius 2 is 2.36 bits per heavy atom. The fourth-order valence-corrected chi connectivity index (χ4v) is 1.10. The first-order valence-corrected chi connectivity index (χ1v) is 4.60. The third kappa shape index (κ3) is 2.90. The van der Waals surface area contributed by atoms with E-state index in [4.69, 9.17) is 16.9 Å². The summed E-state index contributed by atoms with van der Waals surface area (Å²) in [4.78, 5) is 0. The summed E-state index contributed by atoms with van der Waals surface area (Å²) < 4.78 is 13.2. The van der Waals surface area contributed by atoms with Gasteiger partial charge in [-0.25, -0.2) is 4.39 Å². The van der Waals surface area contributed by atoms with E-state index in [0.29, 0.717) is 17.3 Å². The van der Waals surface area contributed by atoms with Crippen molar-refractivity contribution in [2.45, 2.75) is 6.92 Å². The summed E-state index contributed by atoms with van der Waals surface area (Å²) in [6, 6.07) is 6.45. The smallest absolute Gasteiger partial charge is 0.147 e. The number of hydrogen-bond acceptors (Lipinski definition) is 2. The van der Waals surface area contributed by atoms with E-state index < -0.39 is 5.82 Å². The maximum atomic E-state index is 13.2. The lowest BCUT2D eigenvalue weighted by atomic mass is 10.2. The number of nitrogens with zero attached hydrogens (tertiary/aromatic N) is 1. The highest BCUT2D eigenvalue weighted by atomic mass is 35.5. The molecule has 0 spiro atoms. The van der Waals surface area contributed by atoms with Crippen LogP contribution in [0, 0.1) is 23.1 Å². The Labute approximate surface area is 87.3 Å². The van der Waals surface area contributed by atoms with Crippen LogP contribution in [0.5, 0.6) is 0 Å². The van der Waals surface area contributed by atoms with Crippen LogP contribution < -0.4 is 5.32 Å². The molecule has 0 heterocycles. The Balaban J connectivity index is 2.64. The van der Waals surface area contributed by atoms with E-state index >= 15 is 0 Å². The third-order valence-electron chi connectivity index (χ3n) is 1.75. The van der Waals surface area contributed by atoms with Crippen LogP contribution in [0.3, 0.4) is 0 Å². The van der Waals surface area contributed by atoms with Crippen LogP contribution in [0.2, 0.25) is 5.02 Å². The molecule has 2 nitrogen and oxygen atoms in total. The summed E-state index contributed by atoms with van der Waals surface area (Å²) in [5, 5.41) is 11.7. The normalized spacial score (nSPS) is 11.9. The summed E-state index contributed by atoms with van der Waals surface area (Å²) in [6.07, 6.45) is 0. The molecule has 0 aliphatic rings. The molecule has 1 aromatic carbocycles. The highest BCUT2D eigenvalue weighted by Gasteiger charge is 2.04. The number of anilines is 1. The Morgan fingerprint density at radius 3 is 2.93 bits per heavy atom. The molecule has 0 fully saturated rings. The predicted octanol–water partition coefficient (Wildman–Crippen LogP) is 3.05. The first kappa shape index (κ1) is 10.8. The largest absolute Gasteiger partial charge is 0.381 e. The second-order valence-corrected chi connectivity index (χ2v) is 3.47. The highest BCUT2D eigenvalue weighted by Crippen LogP contribution is 2.18. The van der Waals surface area contributed by atoms with Crippen LogP contribution in [0.4, 0.5) is 10.1 Å². The zero-order chi connectivity index (χ0) is 10.6. The molecule has 74 valence electrons. The minimum atomic E-state index is -0.400. The first-order chi connectivity index (χ1) is 6.63. The van der Waals surface area contributed by atoms with Gasteiger partial charge in [0.1, 0.15) is 5.82 Å². The molecule has 0 aliphatic heterocycles. The SMILES string of the molecule is CC(C#N)CNc1ccc(Cl)cc1F. The van der Waals surface area contributed by atoms with Crippen LogP contribution in [0.25, 0.3) is 0 Å². The van der Waals surface area contributed by atoms with Gasteiger partial charge in [-0.05, 0) is 25.1 Å². The molecule has 0 saturated carbocycles. The summed E-state index contributed by atoms with van der Waals surface area (Å²) in [5.41, 5.74) is 0.372. The number of hydrogen-bond donors (Lipinski definition) is 1. The molecule has 0 radical (unpaired) electrons. The van der Waals surface area contributed by atoms with E-state index in [1.807, 2.05) is 0 Å². The van der Waals surface area contributed by atoms with Gasteiger partial charge in [0.2, 0.25) is 0 Å². The minimum Gasteiger partial charge on any atom is -0.381 e. The van der Waals surface area contributed by atoms with Crippen LogP contribution in [0.15, 0.2) is 18.2 Å². The molecule has 0 amide bonds. The number of rotatable bonds is 3. The van der Waals surface area contributed by atoms with Gasteiger partial charge in [-0.1, -0.05) is 11.6 Å². The first-order valence-electron chi connectivity index (χ1n) is 4.22. The Bertz CT molecular complexity index is 360. The van der Waals surface area contributed by atoms with Gasteiger partial charge in [0, 0.05) is 11.6 Å². The van der Waals surface area contributed by atoms with Gasteiger partial charge in [0.15, 0.2) is 0 Å². The molecule has 1 aromatic rings. The molecular formula is C10H10ClFN2. The molecule has 1 N–H and O–H groups in total. The second-order valence-electron chi connectivity index (χ2n) is 3.04. The van der Waals surface area contributed by atoms with Crippen molar-refractivity contribution < 1.29 is 4.39 Å². The zero-order valence-corrected chi connectivity index (χ0v) is 8.48. The van der Waals surface area contributed by atoms with Crippen molar-refractivity contribution in [3.05, 3.63) is 29.0 Å². The fraction of sp³-hybridized carbons (Fsp3) is 0.300. The van der Waals surface area contributed by atoms with Crippen molar-refractivity contribution in [2.24, 2.45) is 5.92 Å². The minimum absolute atomic E-state index is 0.148. The predicted molar refractivity (Wildman–Crippen MR) is 54.7 cm³/mol. The summed E-state index contributed by atoms with van der Waals surface area (Å²) in [7, 11) is 0. The topological polar surface area (TPSA) is 35.8 Å². The average Bonchev–Trinajstić information content (AvgIpc) is 2.16. The van der Waals surface area contributed by atoms with E-state index in [1.54, 1.807) is 19.1 Å². The lowest BCUT2D eigenvalue weighted by Gasteiger charge is -2.08. The Kier molecular flexibility index (Phi) is 3.73. The van der Waals surface area contributed by atoms with E-state index in [9.17, 15) is 4.39 Å². The van der Waals surface area contributed by atoms with Gasteiger partial charge in [-0.2, -0.15) is 5.26 Å². The van der Waals surface area contributed by atoms with Crippen molar-refractivity contribution in [1.82, 2.24) is 0 Å². The van der Waals surface area contributed by atoms with Gasteiger partial charge in [-0.3, -0.25) is 0 Å². The monoisotopic (exact) mass is 212 g/mol. The van der Waals surface area contributed by atoms with E-state index in [1.165, 1.54) is 6.07 Å². The second kappa shape index (κ2) is 4.83. The van der Waals surface area contributed by atoms with Crippen molar-refractivity contribution in [1.29, 1.82) is 5.26 Å². The third-order valence-corrected chi connectivity index (χ3v) is 1.99. The summed E-state index contributed by atoms with van der Waals surface area (Å²) >= 11 is 5.59. The lowest BCUT2D eigenvalue weighted by Crippen LogP contribution is -2.10. The molecule has 0 aliphatic carbocycles. The van der Waals surface area contributed by atoms with Crippen LogP contribution in [0.1, 0.15) is 6.92 Å². The average molecular weight is 213 g/mol. The molecule has 1 unspecified atom stereocenters. The van der Waals surface area contributed by atoms with Gasteiger partial charge >= 0.3 is 0 Å². The summed E-state index contributed by atoms with van der Waals surface area (Å²) in [5.74, 6) is -0.548. The van der Waals surface area contributed by atoms with Gasteiger partial charge in [0.05, 0.1) is 17.7 Å². The van der Waals surface area contributed by atoms with Crippen LogP contribution in [-0.4, -0.2) is 6.54 Å². The summed E-state index contributed by atoms with van der Waals surface area (Å²) in [6.45, 7) is 2.19. The zero-order valence-electron chi connectivity index (χ0n) is 7.72. The van der Waals surface area contributed by atoms with Crippen molar-refractivity contribution >= 4 is 17.3 Å². The number of nitrogens with one attached hydrogen (secondary N) is 1. The van der Waals surface area contributed by atoms with Crippen molar-refractivity contribution in [3.63, 3.8) is 0 Å². The lowest BCUT2D eigenvalue weighted by molar-refractivity contribution is 0.628. The molecule has 0 saturated heterocycles. The van der Waals surface area contributed by atoms with Crippen molar-refractivity contribution in [3.8, 4) is 6.07 Å². The molecule has 14 heavy (non-hydrogen) atoms. The maximum Gasteiger partial charge on any atom is 0.147 e. The molecule has 1 atom stereocenters. The van der Waals surface area contributed by atoms with Crippen LogP contribution >= 0.6 is 11.6 Å². The standard InChI is InChI=1S/C10H10ClFN2/c1-7(5-13)6-14-10-3-2-8(11)4-9(10)12/h2-4,7,14H,6H2,1H3. The van der Waals surface area contributed by atoms with Crippen molar-refractivity contribution in [2.75, 3.05) is 11.9 Å². The fourth-order valence-electron chi connectivity index (χ4n) is 0.942. The highest BCUT2D eigenvalue weighted by molar-refractivity contribution is 6.30. The molecule has 4 heteroatoms. The Morgan fingerprint density at radius 1 is 1.64 bits per heavy atom.